The van der Waals surface area contributed by atoms with E-state index in [1.165, 1.54) is 225 Å². The average Bonchev–Trinajstić information content (AvgIpc) is 3.22. The Hall–Kier alpha value is -0.460. The van der Waals surface area contributed by atoms with Gasteiger partial charge < -0.3 is 25.2 Å². The quantitative estimate of drug-likeness (QED) is 0.0421. The summed E-state index contributed by atoms with van der Waals surface area (Å²) in [6.45, 7) is 27.0. The third kappa shape index (κ3) is 78.1. The topological polar surface area (TPSA) is 65.0 Å². The van der Waals surface area contributed by atoms with Gasteiger partial charge in [0.05, 0.1) is 0 Å². The van der Waals surface area contributed by atoms with Crippen molar-refractivity contribution in [2.45, 2.75) is 289 Å². The Balaban J connectivity index is -0.000000154. The number of nitrogens with one attached hydrogen (secondary N) is 1. The average molecular weight is 864 g/mol. The van der Waals surface area contributed by atoms with Gasteiger partial charge >= 0.3 is 0 Å². The molecule has 60 heavy (non-hydrogen) atoms. The minimum atomic E-state index is 0. The van der Waals surface area contributed by atoms with E-state index in [9.17, 15) is 0 Å². The van der Waals surface area contributed by atoms with Crippen LogP contribution >= 0.6 is 0 Å². The molecule has 0 radical (unpaired) electrons. The van der Waals surface area contributed by atoms with E-state index in [0.29, 0.717) is 12.6 Å². The molecule has 1 unspecified atom stereocenters. The minimum absolute atomic E-state index is 0. The molecule has 0 aliphatic heterocycles. The standard InChI is InChI=1S/C33H68N2O.C9H20O.C9H20.CH4O.3CH4.H2/c1-6-8-10-12-14-19-23-30-36-31-33(5)25-20-16-15-18-22-28-35(29-24-26-34-32(3)4)27-21-17-13-11-9-7-2;1-2-3-4-5-6-7-8-9-10;1-3-5-7-9-8-6-4-2;1-2;;;;/h7,32-34H,2,6,8-31H2,1,3-5H3;10H,2-9H2,1H3;3-9H2,1-2H3;2H,1H3;3*1H4;1H. The molecular weight excluding hydrogens is 737 g/mol. The molecule has 3 N–H and O–H groups in total. The molecule has 0 saturated carbocycles. The summed E-state index contributed by atoms with van der Waals surface area (Å²) >= 11 is 0. The van der Waals surface area contributed by atoms with Crippen molar-refractivity contribution in [2.24, 2.45) is 5.92 Å². The van der Waals surface area contributed by atoms with Crippen LogP contribution in [0.5, 0.6) is 0 Å². The molecule has 0 rings (SSSR count). The molecular formula is C55H126N2O3. The van der Waals surface area contributed by atoms with Gasteiger partial charge in [-0.25, -0.2) is 0 Å². The van der Waals surface area contributed by atoms with Crippen LogP contribution in [0.25, 0.3) is 0 Å². The first-order valence-corrected chi connectivity index (χ1v) is 25.6. The van der Waals surface area contributed by atoms with E-state index in [0.717, 1.165) is 39.2 Å². The van der Waals surface area contributed by atoms with E-state index in [2.05, 4.69) is 71.3 Å². The number of unbranched alkanes of at least 4 members (excludes halogenated alkanes) is 26. The Morgan fingerprint density at radius 1 is 0.517 bits per heavy atom. The first-order valence-electron chi connectivity index (χ1n) is 25.6. The van der Waals surface area contributed by atoms with Gasteiger partial charge in [-0.1, -0.05) is 237 Å². The summed E-state index contributed by atoms with van der Waals surface area (Å²) in [5, 5.41) is 19.0. The second-order valence-corrected chi connectivity index (χ2v) is 17.3. The molecule has 0 spiro atoms. The maximum absolute atomic E-state index is 8.47. The summed E-state index contributed by atoms with van der Waals surface area (Å²) in [6, 6.07) is 0.600. The number of nitrogens with zero attached hydrogens (tertiary/aromatic N) is 1. The third-order valence-corrected chi connectivity index (χ3v) is 10.8. The van der Waals surface area contributed by atoms with Crippen molar-refractivity contribution in [3.8, 4) is 0 Å². The predicted molar refractivity (Wildman–Crippen MR) is 282 cm³/mol. The number of hydrogen-bond acceptors (Lipinski definition) is 5. The van der Waals surface area contributed by atoms with Crippen LogP contribution in [0.4, 0.5) is 0 Å². The molecule has 0 aromatic carbocycles. The lowest BCUT2D eigenvalue weighted by Crippen LogP contribution is -2.31. The number of aliphatic hydroxyl groups excluding tert-OH is 2. The molecule has 0 bridgehead atoms. The monoisotopic (exact) mass is 863 g/mol. The van der Waals surface area contributed by atoms with Crippen LogP contribution < -0.4 is 5.32 Å². The van der Waals surface area contributed by atoms with E-state index in [4.69, 9.17) is 14.9 Å². The zero-order valence-corrected chi connectivity index (χ0v) is 41.0. The minimum Gasteiger partial charge on any atom is -0.400 e. The number of ether oxygens (including phenoxy) is 1. The van der Waals surface area contributed by atoms with E-state index >= 15 is 0 Å². The Bertz CT molecular complexity index is 641. The summed E-state index contributed by atoms with van der Waals surface area (Å²) in [6.07, 6.45) is 46.6. The van der Waals surface area contributed by atoms with Crippen LogP contribution in [0, 0.1) is 5.92 Å². The lowest BCUT2D eigenvalue weighted by Gasteiger charge is -2.23. The Morgan fingerprint density at radius 2 is 0.883 bits per heavy atom. The second-order valence-electron chi connectivity index (χ2n) is 17.3. The van der Waals surface area contributed by atoms with Gasteiger partial charge in [0.1, 0.15) is 0 Å². The zero-order chi connectivity index (χ0) is 43.1. The highest BCUT2D eigenvalue weighted by Crippen LogP contribution is 2.14. The number of allylic oxidation sites excluding steroid dienone is 1. The zero-order valence-electron chi connectivity index (χ0n) is 41.0. The van der Waals surface area contributed by atoms with Crippen LogP contribution in [0.3, 0.4) is 0 Å². The summed E-state index contributed by atoms with van der Waals surface area (Å²) < 4.78 is 5.94. The largest absolute Gasteiger partial charge is 0.400 e. The molecule has 1 atom stereocenters. The van der Waals surface area contributed by atoms with Crippen molar-refractivity contribution < 1.29 is 16.4 Å². The smallest absolute Gasteiger partial charge is 0.0491 e. The molecule has 0 aliphatic rings. The molecule has 0 aromatic rings. The van der Waals surface area contributed by atoms with Gasteiger partial charge in [0.2, 0.25) is 0 Å². The predicted octanol–water partition coefficient (Wildman–Crippen LogP) is 17.8. The van der Waals surface area contributed by atoms with Crippen LogP contribution in [0.15, 0.2) is 12.7 Å². The Kier molecular flexibility index (Phi) is 89.9. The molecule has 0 aromatic heterocycles. The van der Waals surface area contributed by atoms with Crippen molar-refractivity contribution >= 4 is 0 Å². The fraction of sp³-hybridized carbons (Fsp3) is 0.964. The lowest BCUT2D eigenvalue weighted by molar-refractivity contribution is 0.0976. The summed E-state index contributed by atoms with van der Waals surface area (Å²) in [4.78, 5) is 2.74. The molecule has 0 fully saturated rings. The van der Waals surface area contributed by atoms with Crippen molar-refractivity contribution in [3.05, 3.63) is 12.7 Å². The van der Waals surface area contributed by atoms with Crippen molar-refractivity contribution in [2.75, 3.05) is 53.1 Å². The van der Waals surface area contributed by atoms with E-state index in [-0.39, 0.29) is 23.7 Å². The van der Waals surface area contributed by atoms with E-state index < -0.39 is 0 Å². The maximum Gasteiger partial charge on any atom is 0.0491 e. The van der Waals surface area contributed by atoms with Gasteiger partial charge in [-0.15, -0.1) is 6.58 Å². The lowest BCUT2D eigenvalue weighted by atomic mass is 10.0. The molecule has 374 valence electrons. The van der Waals surface area contributed by atoms with E-state index in [1.54, 1.807) is 0 Å². The highest BCUT2D eigenvalue weighted by Gasteiger charge is 2.06. The van der Waals surface area contributed by atoms with Crippen LogP contribution in [-0.2, 0) is 4.74 Å². The van der Waals surface area contributed by atoms with Crippen LogP contribution in [0.2, 0.25) is 0 Å². The highest BCUT2D eigenvalue weighted by atomic mass is 16.5. The second kappa shape index (κ2) is 73.0. The van der Waals surface area contributed by atoms with Gasteiger partial charge in [-0.2, -0.15) is 0 Å². The molecule has 5 heteroatoms. The summed E-state index contributed by atoms with van der Waals surface area (Å²) in [5.41, 5.74) is 0. The third-order valence-electron chi connectivity index (χ3n) is 10.8. The first-order chi connectivity index (χ1) is 27.9. The van der Waals surface area contributed by atoms with Gasteiger partial charge in [-0.05, 0) is 83.5 Å². The number of rotatable bonds is 43. The molecule has 0 saturated heterocycles. The normalized spacial score (nSPS) is 10.9. The fourth-order valence-corrected chi connectivity index (χ4v) is 6.99. The fourth-order valence-electron chi connectivity index (χ4n) is 6.99. The van der Waals surface area contributed by atoms with Crippen LogP contribution in [-0.4, -0.2) is 74.3 Å². The summed E-state index contributed by atoms with van der Waals surface area (Å²) in [5.74, 6) is 0.718. The van der Waals surface area contributed by atoms with Crippen molar-refractivity contribution in [1.82, 2.24) is 10.2 Å². The number of aliphatic hydroxyl groups is 2. The van der Waals surface area contributed by atoms with Crippen molar-refractivity contribution in [1.29, 1.82) is 0 Å². The van der Waals surface area contributed by atoms with Gasteiger partial charge in [0.15, 0.2) is 0 Å². The Morgan fingerprint density at radius 3 is 1.30 bits per heavy atom. The first kappa shape index (κ1) is 73.9. The van der Waals surface area contributed by atoms with Gasteiger partial charge in [0.25, 0.3) is 0 Å². The SMILES string of the molecule is C.C.C.C=CCCCCCCN(CCCCCCCC(C)COCCCCCCCCC)CCCNC(C)C.CCCCCCCCC.CCCCCCCCCO.CO.[HH]. The number of hydrogen-bond donors (Lipinski definition) is 3. The molecule has 0 heterocycles. The highest BCUT2D eigenvalue weighted by molar-refractivity contribution is 4.66. The van der Waals surface area contributed by atoms with E-state index in [1.807, 2.05) is 0 Å². The Labute approximate surface area is 385 Å². The van der Waals surface area contributed by atoms with Crippen LogP contribution in [0.1, 0.15) is 284 Å². The van der Waals surface area contributed by atoms with Gasteiger partial charge in [-0.3, -0.25) is 0 Å². The van der Waals surface area contributed by atoms with Gasteiger partial charge in [0, 0.05) is 34.4 Å². The maximum atomic E-state index is 8.47. The molecule has 5 nitrogen and oxygen atoms in total. The molecule has 0 amide bonds. The van der Waals surface area contributed by atoms with Crippen molar-refractivity contribution in [3.63, 3.8) is 0 Å². The summed E-state index contributed by atoms with van der Waals surface area (Å²) in [7, 11) is 1.00. The molecule has 0 aliphatic carbocycles.